The zero-order valence-electron chi connectivity index (χ0n) is 26.8. The number of aliphatic hydroxyl groups excluding tert-OH is 1. The second kappa shape index (κ2) is 16.6. The number of fused-ring (bicyclic) bond motifs is 1. The van der Waals surface area contributed by atoms with E-state index < -0.39 is 24.3 Å². The highest BCUT2D eigenvalue weighted by molar-refractivity contribution is 5.66. The Kier molecular flexibility index (Phi) is 12.1. The Hall–Kier alpha value is -3.83. The van der Waals surface area contributed by atoms with Gasteiger partial charge < -0.3 is 38.8 Å². The summed E-state index contributed by atoms with van der Waals surface area (Å²) in [5, 5.41) is 20.0. The van der Waals surface area contributed by atoms with Gasteiger partial charge in [-0.3, -0.25) is 4.90 Å². The summed E-state index contributed by atoms with van der Waals surface area (Å²) in [4.78, 5) is 16.6. The van der Waals surface area contributed by atoms with E-state index >= 15 is 0 Å². The molecule has 2 heterocycles. The summed E-state index contributed by atoms with van der Waals surface area (Å²) in [5.41, 5.74) is 4.00. The molecule has 5 rings (SSSR count). The van der Waals surface area contributed by atoms with Crippen LogP contribution in [0.4, 0.5) is 10.5 Å². The molecule has 2 aliphatic rings. The number of hydrogen-bond donors (Lipinski definition) is 2. The second-order valence-corrected chi connectivity index (χ2v) is 11.7. The average molecular weight is 635 g/mol. The summed E-state index contributed by atoms with van der Waals surface area (Å²) in [6, 6.07) is 23.3. The minimum atomic E-state index is -1.02. The first kappa shape index (κ1) is 33.5. The number of carbonyl (C=O) groups is 1. The first-order valence-electron chi connectivity index (χ1n) is 16.0. The summed E-state index contributed by atoms with van der Waals surface area (Å²) in [6.45, 7) is 3.73. The number of amides is 1. The third kappa shape index (κ3) is 8.30. The largest absolute Gasteiger partial charge is 0.497 e. The van der Waals surface area contributed by atoms with Crippen LogP contribution in [0.15, 0.2) is 72.8 Å². The molecule has 1 saturated heterocycles. The molecule has 1 amide bonds. The molecule has 2 N–H and O–H groups in total. The highest BCUT2D eigenvalue weighted by atomic mass is 16.5. The minimum Gasteiger partial charge on any atom is -0.497 e. The molecule has 3 aromatic carbocycles. The van der Waals surface area contributed by atoms with Crippen LogP contribution in [0.5, 0.6) is 11.5 Å². The van der Waals surface area contributed by atoms with E-state index in [0.717, 1.165) is 53.4 Å². The van der Waals surface area contributed by atoms with Crippen molar-refractivity contribution in [2.24, 2.45) is 0 Å². The third-order valence-electron chi connectivity index (χ3n) is 8.78. The monoisotopic (exact) mass is 634 g/mol. The Morgan fingerprint density at radius 3 is 2.48 bits per heavy atom. The van der Waals surface area contributed by atoms with Gasteiger partial charge in [0.05, 0.1) is 50.7 Å². The molecule has 0 aliphatic carbocycles. The highest BCUT2D eigenvalue weighted by Crippen LogP contribution is 2.39. The number of rotatable bonds is 15. The zero-order valence-corrected chi connectivity index (χ0v) is 26.8. The number of carboxylic acid groups (broad SMARTS) is 1. The summed E-state index contributed by atoms with van der Waals surface area (Å²) >= 11 is 0. The predicted molar refractivity (Wildman–Crippen MR) is 175 cm³/mol. The third-order valence-corrected chi connectivity index (χ3v) is 8.78. The Morgan fingerprint density at radius 2 is 1.76 bits per heavy atom. The van der Waals surface area contributed by atoms with Crippen molar-refractivity contribution >= 4 is 11.8 Å². The van der Waals surface area contributed by atoms with Crippen LogP contribution in [0.25, 0.3) is 0 Å². The lowest BCUT2D eigenvalue weighted by Crippen LogP contribution is -2.61. The van der Waals surface area contributed by atoms with Crippen LogP contribution in [0.1, 0.15) is 35.4 Å². The molecule has 0 spiro atoms. The number of piperidine rings is 1. The summed E-state index contributed by atoms with van der Waals surface area (Å²) in [5.74, 6) is 1.30. The molecular weight excluding hydrogens is 588 g/mol. The Balaban J connectivity index is 1.46. The maximum absolute atomic E-state index is 12.8. The molecular formula is C36H46N2O8. The maximum Gasteiger partial charge on any atom is 0.407 e. The van der Waals surface area contributed by atoms with Crippen LogP contribution in [0, 0.1) is 0 Å². The molecule has 4 atom stereocenters. The molecule has 46 heavy (non-hydrogen) atoms. The van der Waals surface area contributed by atoms with E-state index in [-0.39, 0.29) is 25.7 Å². The number of likely N-dealkylation sites (tertiary alicyclic amines) is 1. The van der Waals surface area contributed by atoms with Gasteiger partial charge in [0, 0.05) is 39.4 Å². The fourth-order valence-electron chi connectivity index (χ4n) is 6.50. The van der Waals surface area contributed by atoms with E-state index in [9.17, 15) is 15.0 Å². The predicted octanol–water partition coefficient (Wildman–Crippen LogP) is 4.97. The maximum atomic E-state index is 12.8. The average Bonchev–Trinajstić information content (AvgIpc) is 3.08. The van der Waals surface area contributed by atoms with Crippen molar-refractivity contribution in [2.45, 2.75) is 50.0 Å². The number of hydrogen-bond acceptors (Lipinski definition) is 8. The normalized spacial score (nSPS) is 21.0. The van der Waals surface area contributed by atoms with Gasteiger partial charge in [0.2, 0.25) is 0 Å². The van der Waals surface area contributed by atoms with Crippen molar-refractivity contribution in [3.05, 3.63) is 89.5 Å². The Labute approximate surface area is 271 Å². The zero-order chi connectivity index (χ0) is 32.3. The van der Waals surface area contributed by atoms with E-state index in [2.05, 4.69) is 11.0 Å². The van der Waals surface area contributed by atoms with E-state index in [0.29, 0.717) is 32.7 Å². The summed E-state index contributed by atoms with van der Waals surface area (Å²) in [6.07, 6.45) is -0.199. The lowest BCUT2D eigenvalue weighted by molar-refractivity contribution is -0.116. The second-order valence-electron chi connectivity index (χ2n) is 11.7. The molecule has 1 unspecified atom stereocenters. The smallest absolute Gasteiger partial charge is 0.407 e. The molecule has 2 aliphatic heterocycles. The fourth-order valence-corrected chi connectivity index (χ4v) is 6.50. The van der Waals surface area contributed by atoms with Gasteiger partial charge in [-0.1, -0.05) is 48.5 Å². The number of methoxy groups -OCH3 is 2. The standard InChI is InChI=1S/C36H46N2O8/c1-42-19-6-16-37-17-21-44-32-15-10-27(23-30(32)37)25-46-33-24-38(36(40)41)31(22-26-8-4-3-5-9-26)35(45-20-7-18-39)34(33)28-11-13-29(43-2)14-12-28/h3-5,8-15,23,31,33-35,39H,6-7,16-22,24-25H2,1-2H3,(H,40,41)/t31?,33-,34-,35+/m0/s1. The molecule has 0 radical (unpaired) electrons. The van der Waals surface area contributed by atoms with Crippen molar-refractivity contribution in [1.82, 2.24) is 4.90 Å². The lowest BCUT2D eigenvalue weighted by atomic mass is 9.78. The van der Waals surface area contributed by atoms with Gasteiger partial charge in [-0.05, 0) is 60.2 Å². The van der Waals surface area contributed by atoms with Gasteiger partial charge in [0.25, 0.3) is 0 Å². The van der Waals surface area contributed by atoms with Crippen LogP contribution >= 0.6 is 0 Å². The number of aliphatic hydroxyl groups is 1. The van der Waals surface area contributed by atoms with E-state index in [1.807, 2.05) is 66.7 Å². The lowest BCUT2D eigenvalue weighted by Gasteiger charge is -2.48. The SMILES string of the molecule is COCCCN1CCOc2ccc(CO[C@H]3CN(C(=O)O)C(Cc4ccccc4)[C@@H](OCCCO)[C@H]3c3ccc(OC)cc3)cc21. The van der Waals surface area contributed by atoms with Crippen molar-refractivity contribution in [3.8, 4) is 11.5 Å². The van der Waals surface area contributed by atoms with Crippen molar-refractivity contribution in [1.29, 1.82) is 0 Å². The van der Waals surface area contributed by atoms with Crippen LogP contribution in [0.2, 0.25) is 0 Å². The topological polar surface area (TPSA) is 110 Å². The van der Waals surface area contributed by atoms with Crippen LogP contribution in [-0.2, 0) is 27.2 Å². The van der Waals surface area contributed by atoms with Gasteiger partial charge in [-0.25, -0.2) is 4.79 Å². The molecule has 248 valence electrons. The first-order chi connectivity index (χ1) is 22.5. The van der Waals surface area contributed by atoms with E-state index in [4.69, 9.17) is 23.7 Å². The molecule has 10 nitrogen and oxygen atoms in total. The molecule has 10 heteroatoms. The van der Waals surface area contributed by atoms with E-state index in [1.165, 1.54) is 4.90 Å². The minimum absolute atomic E-state index is 0.0175. The Morgan fingerprint density at radius 1 is 0.957 bits per heavy atom. The van der Waals surface area contributed by atoms with Crippen molar-refractivity contribution in [2.75, 3.05) is 65.2 Å². The molecule has 0 bridgehead atoms. The quantitative estimate of drug-likeness (QED) is 0.224. The Bertz CT molecular complexity index is 1370. The van der Waals surface area contributed by atoms with Crippen LogP contribution in [0.3, 0.4) is 0 Å². The van der Waals surface area contributed by atoms with Crippen LogP contribution in [-0.4, -0.2) is 99.7 Å². The van der Waals surface area contributed by atoms with Crippen molar-refractivity contribution in [3.63, 3.8) is 0 Å². The van der Waals surface area contributed by atoms with Crippen LogP contribution < -0.4 is 14.4 Å². The number of nitrogens with zero attached hydrogens (tertiary/aromatic N) is 2. The van der Waals surface area contributed by atoms with Gasteiger partial charge in [0.1, 0.15) is 18.1 Å². The molecule has 0 saturated carbocycles. The number of benzene rings is 3. The molecule has 0 aromatic heterocycles. The summed E-state index contributed by atoms with van der Waals surface area (Å²) in [7, 11) is 3.34. The fraction of sp³-hybridized carbons (Fsp3) is 0.472. The number of ether oxygens (including phenoxy) is 5. The first-order valence-corrected chi connectivity index (χ1v) is 16.0. The van der Waals surface area contributed by atoms with Crippen molar-refractivity contribution < 1.29 is 38.7 Å². The summed E-state index contributed by atoms with van der Waals surface area (Å²) < 4.78 is 29.8. The van der Waals surface area contributed by atoms with Gasteiger partial charge in [-0.2, -0.15) is 0 Å². The molecule has 3 aromatic rings. The number of anilines is 1. The van der Waals surface area contributed by atoms with E-state index in [1.54, 1.807) is 14.2 Å². The van der Waals surface area contributed by atoms with Gasteiger partial charge in [-0.15, -0.1) is 0 Å². The highest BCUT2D eigenvalue weighted by Gasteiger charge is 2.47. The van der Waals surface area contributed by atoms with Gasteiger partial charge in [0.15, 0.2) is 0 Å². The molecule has 1 fully saturated rings. The van der Waals surface area contributed by atoms with Gasteiger partial charge >= 0.3 is 6.09 Å².